The molecule has 4 rings (SSSR count). The smallest absolute Gasteiger partial charge is 0.315 e. The fourth-order valence-electron chi connectivity index (χ4n) is 3.89. The van der Waals surface area contributed by atoms with Crippen LogP contribution in [0.3, 0.4) is 0 Å². The van der Waals surface area contributed by atoms with Crippen LogP contribution >= 0.6 is 22.9 Å². The Balaban J connectivity index is 1.48. The van der Waals surface area contributed by atoms with E-state index in [1.54, 1.807) is 6.07 Å². The van der Waals surface area contributed by atoms with Gasteiger partial charge in [-0.3, -0.25) is 14.4 Å². The van der Waals surface area contributed by atoms with Crippen LogP contribution in [-0.2, 0) is 14.3 Å². The maximum Gasteiger partial charge on any atom is 0.315 e. The number of morpholine rings is 1. The second-order valence-electron chi connectivity index (χ2n) is 8.77. The number of carbonyl (C=O) groups excluding carboxylic acids is 4. The number of hydrogen-bond donors (Lipinski definition) is 4. The molecule has 10 nitrogen and oxygen atoms in total. The molecule has 1 saturated carbocycles. The van der Waals surface area contributed by atoms with E-state index < -0.39 is 35.9 Å². The van der Waals surface area contributed by atoms with Gasteiger partial charge in [0.1, 0.15) is 12.6 Å². The summed E-state index contributed by atoms with van der Waals surface area (Å²) in [6.45, 7) is 0.0309. The lowest BCUT2D eigenvalue weighted by molar-refractivity contribution is -0.125. The molecular weight excluding hydrogens is 544 g/mol. The molecule has 1 aromatic heterocycles. The van der Waals surface area contributed by atoms with Crippen LogP contribution in [0.1, 0.15) is 40.9 Å². The number of carbonyl (C=O) groups is 4. The van der Waals surface area contributed by atoms with E-state index in [-0.39, 0.29) is 49.6 Å². The molecule has 204 valence electrons. The predicted molar refractivity (Wildman–Crippen MR) is 138 cm³/mol. The quantitative estimate of drug-likeness (QED) is 0.368. The highest BCUT2D eigenvalue weighted by molar-refractivity contribution is 7.18. The molecule has 14 heteroatoms. The highest BCUT2D eigenvalue weighted by Crippen LogP contribution is 2.32. The average Bonchev–Trinajstić information content (AvgIpc) is 3.30. The number of halogens is 3. The van der Waals surface area contributed by atoms with Gasteiger partial charge in [0, 0.05) is 36.1 Å². The van der Waals surface area contributed by atoms with Crippen molar-refractivity contribution in [1.82, 2.24) is 16.0 Å². The van der Waals surface area contributed by atoms with Crippen molar-refractivity contribution in [2.45, 2.75) is 37.8 Å². The molecule has 1 aliphatic heterocycles. The molecule has 1 saturated heterocycles. The largest absolute Gasteiger partial charge is 0.370 e. The van der Waals surface area contributed by atoms with Crippen molar-refractivity contribution in [2.24, 2.45) is 0 Å². The summed E-state index contributed by atoms with van der Waals surface area (Å²) in [7, 11) is 0. The molecule has 2 aliphatic rings. The first-order valence-corrected chi connectivity index (χ1v) is 13.1. The molecule has 0 bridgehead atoms. The van der Waals surface area contributed by atoms with Crippen molar-refractivity contribution in [2.75, 3.05) is 36.5 Å². The minimum absolute atomic E-state index is 0.0116. The summed E-state index contributed by atoms with van der Waals surface area (Å²) in [4.78, 5) is 51.8. The van der Waals surface area contributed by atoms with E-state index in [9.17, 15) is 28.0 Å². The minimum atomic E-state index is -2.96. The maximum absolute atomic E-state index is 13.9. The van der Waals surface area contributed by atoms with E-state index >= 15 is 0 Å². The zero-order valence-electron chi connectivity index (χ0n) is 20.1. The summed E-state index contributed by atoms with van der Waals surface area (Å²) in [5.74, 6) is -1.68. The van der Waals surface area contributed by atoms with Gasteiger partial charge in [-0.2, -0.15) is 0 Å². The van der Waals surface area contributed by atoms with Gasteiger partial charge in [0.2, 0.25) is 5.91 Å². The van der Waals surface area contributed by atoms with E-state index in [0.29, 0.717) is 9.21 Å². The van der Waals surface area contributed by atoms with Crippen LogP contribution < -0.4 is 26.2 Å². The summed E-state index contributed by atoms with van der Waals surface area (Å²) in [5.41, 5.74) is -0.426. The topological polar surface area (TPSA) is 129 Å². The van der Waals surface area contributed by atoms with E-state index in [1.807, 2.05) is 0 Å². The number of alkyl halides is 2. The summed E-state index contributed by atoms with van der Waals surface area (Å²) in [5, 5.41) is 10.2. The number of amides is 5. The van der Waals surface area contributed by atoms with Gasteiger partial charge < -0.3 is 30.9 Å². The fourth-order valence-corrected chi connectivity index (χ4v) is 4.85. The Kier molecular flexibility index (Phi) is 9.13. The lowest BCUT2D eigenvalue weighted by Crippen LogP contribution is -2.55. The standard InChI is InChI=1S/C24H26ClF2N5O5S/c25-19-7-6-18(38-19)23(35)28-11-17(31-24(36)29-13-2-1-3-13)22(34)30-16-5-4-14(10-15(16)21(26)27)32-8-9-37-12-20(32)33/h4-7,10,13,17,21H,1-3,8-9,11-12H2,(H,28,35)(H,30,34)(H2,29,31,36)/t17-/m0/s1. The van der Waals surface area contributed by atoms with Gasteiger partial charge in [-0.15, -0.1) is 11.3 Å². The second-order valence-corrected chi connectivity index (χ2v) is 10.5. The second kappa shape index (κ2) is 12.5. The molecule has 0 unspecified atom stereocenters. The Morgan fingerprint density at radius 3 is 2.61 bits per heavy atom. The number of ether oxygens (including phenoxy) is 1. The minimum Gasteiger partial charge on any atom is -0.370 e. The first kappa shape index (κ1) is 27.7. The number of rotatable bonds is 9. The number of anilines is 2. The van der Waals surface area contributed by atoms with Gasteiger partial charge in [-0.25, -0.2) is 13.6 Å². The number of hydrogen-bond acceptors (Lipinski definition) is 6. The van der Waals surface area contributed by atoms with E-state index in [1.165, 1.54) is 23.1 Å². The molecule has 2 aromatic rings. The molecule has 1 aromatic carbocycles. The SMILES string of the molecule is O=C(NC1CCC1)N[C@@H](CNC(=O)c1ccc(Cl)s1)C(=O)Nc1ccc(N2CCOCC2=O)cc1C(F)F. The average molecular weight is 570 g/mol. The summed E-state index contributed by atoms with van der Waals surface area (Å²) in [6, 6.07) is 5.02. The third-order valence-electron chi connectivity index (χ3n) is 6.15. The Hall–Kier alpha value is -3.29. The van der Waals surface area contributed by atoms with Crippen molar-refractivity contribution < 1.29 is 32.7 Å². The Bertz CT molecular complexity index is 1210. The van der Waals surface area contributed by atoms with Crippen LogP contribution in [0.4, 0.5) is 25.0 Å². The third-order valence-corrected chi connectivity index (χ3v) is 7.38. The van der Waals surface area contributed by atoms with Gasteiger partial charge in [0.15, 0.2) is 0 Å². The van der Waals surface area contributed by atoms with Crippen molar-refractivity contribution in [3.8, 4) is 0 Å². The van der Waals surface area contributed by atoms with Crippen LogP contribution in [0.5, 0.6) is 0 Å². The third kappa shape index (κ3) is 6.97. The van der Waals surface area contributed by atoms with Gasteiger partial charge in [0.25, 0.3) is 18.2 Å². The van der Waals surface area contributed by atoms with Gasteiger partial charge >= 0.3 is 6.03 Å². The lowest BCUT2D eigenvalue weighted by Gasteiger charge is -2.28. The van der Waals surface area contributed by atoms with E-state index in [2.05, 4.69) is 21.3 Å². The fraction of sp³-hybridized carbons (Fsp3) is 0.417. The number of thiophene rings is 1. The normalized spacial score (nSPS) is 16.5. The van der Waals surface area contributed by atoms with Crippen molar-refractivity contribution in [3.05, 3.63) is 45.1 Å². The monoisotopic (exact) mass is 569 g/mol. The number of nitrogens with one attached hydrogen (secondary N) is 4. The van der Waals surface area contributed by atoms with Crippen LogP contribution in [0.2, 0.25) is 4.34 Å². The Labute approximate surface area is 226 Å². The van der Waals surface area contributed by atoms with E-state index in [0.717, 1.165) is 36.7 Å². The summed E-state index contributed by atoms with van der Waals surface area (Å²) in [6.07, 6.45) is -0.347. The van der Waals surface area contributed by atoms with Crippen molar-refractivity contribution >= 4 is 58.1 Å². The molecule has 1 atom stereocenters. The van der Waals surface area contributed by atoms with Gasteiger partial charge in [-0.1, -0.05) is 11.6 Å². The number of nitrogens with zero attached hydrogens (tertiary/aromatic N) is 1. The van der Waals surface area contributed by atoms with Crippen molar-refractivity contribution in [3.63, 3.8) is 0 Å². The van der Waals surface area contributed by atoms with Crippen LogP contribution in [0.15, 0.2) is 30.3 Å². The first-order chi connectivity index (χ1) is 18.2. The molecule has 1 aliphatic carbocycles. The number of benzene rings is 1. The highest BCUT2D eigenvalue weighted by Gasteiger charge is 2.28. The van der Waals surface area contributed by atoms with Gasteiger partial charge in [-0.05, 0) is 49.6 Å². The molecular formula is C24H26ClF2N5O5S. The highest BCUT2D eigenvalue weighted by atomic mass is 35.5. The zero-order chi connectivity index (χ0) is 27.2. The molecule has 4 N–H and O–H groups in total. The lowest BCUT2D eigenvalue weighted by atomic mass is 9.93. The first-order valence-electron chi connectivity index (χ1n) is 11.9. The molecule has 0 radical (unpaired) electrons. The van der Waals surface area contributed by atoms with Crippen LogP contribution in [0, 0.1) is 0 Å². The van der Waals surface area contributed by atoms with Crippen LogP contribution in [0.25, 0.3) is 0 Å². The maximum atomic E-state index is 13.9. The van der Waals surface area contributed by atoms with E-state index in [4.69, 9.17) is 16.3 Å². The predicted octanol–water partition coefficient (Wildman–Crippen LogP) is 3.29. The molecule has 5 amide bonds. The summed E-state index contributed by atoms with van der Waals surface area (Å²) < 4.78 is 33.4. The van der Waals surface area contributed by atoms with Gasteiger partial charge in [0.05, 0.1) is 15.8 Å². The molecule has 0 spiro atoms. The summed E-state index contributed by atoms with van der Waals surface area (Å²) >= 11 is 6.92. The number of urea groups is 1. The molecule has 2 heterocycles. The van der Waals surface area contributed by atoms with Crippen molar-refractivity contribution in [1.29, 1.82) is 0 Å². The Morgan fingerprint density at radius 2 is 1.97 bits per heavy atom. The zero-order valence-corrected chi connectivity index (χ0v) is 21.7. The Morgan fingerprint density at radius 1 is 1.18 bits per heavy atom. The van der Waals surface area contributed by atoms with Crippen LogP contribution in [-0.4, -0.2) is 62.1 Å². The molecule has 38 heavy (non-hydrogen) atoms. The molecule has 2 fully saturated rings.